The second kappa shape index (κ2) is 9.20. The second-order valence-corrected chi connectivity index (χ2v) is 9.20. The zero-order valence-corrected chi connectivity index (χ0v) is 20.4. The number of nitrogens with one attached hydrogen (secondary N) is 1. The third kappa shape index (κ3) is 4.95. The van der Waals surface area contributed by atoms with Gasteiger partial charge in [-0.3, -0.25) is 4.99 Å². The van der Waals surface area contributed by atoms with Crippen LogP contribution in [0.4, 0.5) is 4.79 Å². The summed E-state index contributed by atoms with van der Waals surface area (Å²) >= 11 is 0. The largest absolute Gasteiger partial charge is 0.508 e. The first-order valence-electron chi connectivity index (χ1n) is 10.7. The Hall–Kier alpha value is -1.71. The summed E-state index contributed by atoms with van der Waals surface area (Å²) in [6.07, 6.45) is 4.28. The predicted octanol–water partition coefficient (Wildman–Crippen LogP) is 3.27. The van der Waals surface area contributed by atoms with Crippen LogP contribution in [-0.2, 0) is 24.1 Å². The molecule has 0 saturated carbocycles. The maximum absolute atomic E-state index is 12.4. The Kier molecular flexibility index (Phi) is 7.04. The Morgan fingerprint density at radius 2 is 2.03 bits per heavy atom. The van der Waals surface area contributed by atoms with Crippen LogP contribution in [-0.4, -0.2) is 64.8 Å². The van der Waals surface area contributed by atoms with Gasteiger partial charge in [-0.1, -0.05) is 6.07 Å². The molecule has 1 aromatic rings. The van der Waals surface area contributed by atoms with Gasteiger partial charge < -0.3 is 25.0 Å². The number of aromatic hydroxyl groups is 1. The lowest BCUT2D eigenvalue weighted by Gasteiger charge is -2.39. The van der Waals surface area contributed by atoms with Crippen LogP contribution >= 0.6 is 24.0 Å². The number of nitrogens with zero attached hydrogens (tertiary/aromatic N) is 3. The SMILES string of the molecule is CC(C)(C)OC(=O)N1CCN2C(NCc3c(O)ccc4c3CCCC4)=NCC2C1.I. The van der Waals surface area contributed by atoms with Crippen LogP contribution in [0.2, 0.25) is 0 Å². The van der Waals surface area contributed by atoms with Crippen LogP contribution in [0.15, 0.2) is 17.1 Å². The van der Waals surface area contributed by atoms with E-state index < -0.39 is 5.60 Å². The van der Waals surface area contributed by atoms with E-state index in [4.69, 9.17) is 4.74 Å². The number of amides is 1. The Morgan fingerprint density at radius 3 is 2.80 bits per heavy atom. The van der Waals surface area contributed by atoms with E-state index in [1.54, 1.807) is 4.90 Å². The Morgan fingerprint density at radius 1 is 1.27 bits per heavy atom. The number of carbonyl (C=O) groups excluding carboxylic acids is 1. The lowest BCUT2D eigenvalue weighted by Crippen LogP contribution is -2.57. The van der Waals surface area contributed by atoms with E-state index in [0.29, 0.717) is 31.9 Å². The van der Waals surface area contributed by atoms with Gasteiger partial charge in [0.25, 0.3) is 0 Å². The number of piperazine rings is 1. The fourth-order valence-corrected chi connectivity index (χ4v) is 4.48. The highest BCUT2D eigenvalue weighted by atomic mass is 127. The van der Waals surface area contributed by atoms with Gasteiger partial charge in [-0.15, -0.1) is 24.0 Å². The number of phenols is 1. The molecule has 8 heteroatoms. The van der Waals surface area contributed by atoms with Crippen LogP contribution in [0.25, 0.3) is 0 Å². The van der Waals surface area contributed by atoms with Crippen molar-refractivity contribution in [1.29, 1.82) is 0 Å². The van der Waals surface area contributed by atoms with Crippen molar-refractivity contribution in [1.82, 2.24) is 15.1 Å². The van der Waals surface area contributed by atoms with Gasteiger partial charge in [-0.2, -0.15) is 0 Å². The van der Waals surface area contributed by atoms with Gasteiger partial charge in [0.15, 0.2) is 5.96 Å². The highest BCUT2D eigenvalue weighted by molar-refractivity contribution is 14.0. The topological polar surface area (TPSA) is 77.4 Å². The van der Waals surface area contributed by atoms with Crippen molar-refractivity contribution < 1.29 is 14.6 Å². The fraction of sp³-hybridized carbons (Fsp3) is 0.636. The van der Waals surface area contributed by atoms with E-state index >= 15 is 0 Å². The highest BCUT2D eigenvalue weighted by Gasteiger charge is 2.36. The van der Waals surface area contributed by atoms with Crippen LogP contribution in [0.5, 0.6) is 5.75 Å². The van der Waals surface area contributed by atoms with E-state index in [2.05, 4.69) is 21.3 Å². The van der Waals surface area contributed by atoms with Gasteiger partial charge in [0.2, 0.25) is 0 Å². The number of rotatable bonds is 2. The van der Waals surface area contributed by atoms with Crippen LogP contribution in [0.3, 0.4) is 0 Å². The molecule has 0 spiro atoms. The summed E-state index contributed by atoms with van der Waals surface area (Å²) in [5.74, 6) is 1.23. The molecule has 4 rings (SSSR count). The first-order valence-corrected chi connectivity index (χ1v) is 10.7. The summed E-state index contributed by atoms with van der Waals surface area (Å²) in [7, 11) is 0. The monoisotopic (exact) mass is 528 g/mol. The summed E-state index contributed by atoms with van der Waals surface area (Å²) in [4.78, 5) is 21.1. The standard InChI is InChI=1S/C22H32N4O3.HI/c1-22(2,3)29-21(28)25-10-11-26-16(14-25)12-23-20(26)24-13-18-17-7-5-4-6-15(17)8-9-19(18)27;/h8-9,16,27H,4-7,10-14H2,1-3H3,(H,23,24);1H. The molecule has 3 aliphatic rings. The van der Waals surface area contributed by atoms with Gasteiger partial charge in [0.05, 0.1) is 12.6 Å². The Bertz CT molecular complexity index is 821. The Balaban J connectivity index is 0.00000256. The number of guanidine groups is 1. The number of ether oxygens (including phenoxy) is 1. The number of aryl methyl sites for hydroxylation is 1. The summed E-state index contributed by atoms with van der Waals surface area (Å²) in [5.41, 5.74) is 3.18. The van der Waals surface area contributed by atoms with Gasteiger partial charge in [0, 0.05) is 31.7 Å². The van der Waals surface area contributed by atoms with Gasteiger partial charge in [-0.05, 0) is 63.6 Å². The summed E-state index contributed by atoms with van der Waals surface area (Å²) < 4.78 is 5.51. The number of aliphatic imine (C=N–C) groups is 1. The molecule has 1 saturated heterocycles. The van der Waals surface area contributed by atoms with Crippen LogP contribution in [0.1, 0.15) is 50.3 Å². The molecule has 2 aliphatic heterocycles. The van der Waals surface area contributed by atoms with Crippen LogP contribution in [0, 0.1) is 0 Å². The molecular formula is C22H33IN4O3. The van der Waals surface area contributed by atoms with Crippen molar-refractivity contribution >= 4 is 36.0 Å². The second-order valence-electron chi connectivity index (χ2n) is 9.20. The molecule has 0 bridgehead atoms. The number of benzene rings is 1. The first-order chi connectivity index (χ1) is 13.8. The minimum absolute atomic E-state index is 0. The average Bonchev–Trinajstić information content (AvgIpc) is 3.08. The fourth-order valence-electron chi connectivity index (χ4n) is 4.48. The molecule has 2 heterocycles. The van der Waals surface area contributed by atoms with Crippen molar-refractivity contribution in [3.8, 4) is 5.75 Å². The lowest BCUT2D eigenvalue weighted by molar-refractivity contribution is 0.0137. The molecule has 1 atom stereocenters. The number of phenolic OH excluding ortho intramolecular Hbond substituents is 1. The molecule has 0 aromatic heterocycles. The number of fused-ring (bicyclic) bond motifs is 2. The van der Waals surface area contributed by atoms with Gasteiger partial charge in [0.1, 0.15) is 11.4 Å². The molecule has 30 heavy (non-hydrogen) atoms. The average molecular weight is 528 g/mol. The van der Waals surface area contributed by atoms with Crippen molar-refractivity contribution in [2.75, 3.05) is 26.2 Å². The zero-order chi connectivity index (χ0) is 20.6. The summed E-state index contributed by atoms with van der Waals surface area (Å²) in [5, 5.41) is 13.9. The molecule has 1 unspecified atom stereocenters. The number of hydrogen-bond acceptors (Lipinski definition) is 6. The molecule has 7 nitrogen and oxygen atoms in total. The van der Waals surface area contributed by atoms with Crippen molar-refractivity contribution in [3.05, 3.63) is 28.8 Å². The molecular weight excluding hydrogens is 495 g/mol. The minimum atomic E-state index is -0.482. The van der Waals surface area contributed by atoms with Gasteiger partial charge >= 0.3 is 6.09 Å². The van der Waals surface area contributed by atoms with E-state index in [0.717, 1.165) is 30.9 Å². The minimum Gasteiger partial charge on any atom is -0.508 e. The molecule has 1 aromatic carbocycles. The van der Waals surface area contributed by atoms with Crippen molar-refractivity contribution in [2.45, 2.75) is 64.6 Å². The third-order valence-corrected chi connectivity index (χ3v) is 5.91. The highest BCUT2D eigenvalue weighted by Crippen LogP contribution is 2.30. The zero-order valence-electron chi connectivity index (χ0n) is 18.1. The molecule has 1 fully saturated rings. The summed E-state index contributed by atoms with van der Waals surface area (Å²) in [6.45, 7) is 8.88. The number of hydrogen-bond donors (Lipinski definition) is 2. The van der Waals surface area contributed by atoms with Crippen LogP contribution < -0.4 is 5.32 Å². The molecule has 1 amide bonds. The third-order valence-electron chi connectivity index (χ3n) is 5.91. The normalized spacial score (nSPS) is 20.6. The molecule has 1 aliphatic carbocycles. The maximum Gasteiger partial charge on any atom is 0.410 e. The van der Waals surface area contributed by atoms with E-state index in [9.17, 15) is 9.90 Å². The Labute approximate surface area is 195 Å². The quantitative estimate of drug-likeness (QED) is 0.577. The number of halogens is 1. The van der Waals surface area contributed by atoms with Gasteiger partial charge in [-0.25, -0.2) is 4.79 Å². The molecule has 0 radical (unpaired) electrons. The van der Waals surface area contributed by atoms with Crippen molar-refractivity contribution in [3.63, 3.8) is 0 Å². The smallest absolute Gasteiger partial charge is 0.410 e. The van der Waals surface area contributed by atoms with E-state index in [-0.39, 0.29) is 36.1 Å². The lowest BCUT2D eigenvalue weighted by atomic mass is 9.88. The number of carbonyl (C=O) groups is 1. The maximum atomic E-state index is 12.4. The van der Waals surface area contributed by atoms with E-state index in [1.165, 1.54) is 24.0 Å². The first kappa shape index (κ1) is 23.0. The summed E-state index contributed by atoms with van der Waals surface area (Å²) in [6, 6.07) is 4.06. The van der Waals surface area contributed by atoms with E-state index in [1.807, 2.05) is 26.8 Å². The molecule has 166 valence electrons. The predicted molar refractivity (Wildman–Crippen MR) is 128 cm³/mol. The van der Waals surface area contributed by atoms with Crippen molar-refractivity contribution in [2.24, 2.45) is 4.99 Å². The molecule has 2 N–H and O–H groups in total.